The van der Waals surface area contributed by atoms with E-state index in [4.69, 9.17) is 4.74 Å². The van der Waals surface area contributed by atoms with Crippen molar-refractivity contribution >= 4 is 29.9 Å². The first kappa shape index (κ1) is 15.4. The highest BCUT2D eigenvalue weighted by Gasteiger charge is 2.59. The highest BCUT2D eigenvalue weighted by atomic mass is 127. The molecule has 3 fully saturated rings. The van der Waals surface area contributed by atoms with Gasteiger partial charge in [0, 0.05) is 31.2 Å². The van der Waals surface area contributed by atoms with Gasteiger partial charge in [-0.25, -0.2) is 0 Å². The SMILES string of the molecule is CCOC1CC(NC(=NC)NC2CC2)C12CCC2.I. The number of rotatable bonds is 4. The van der Waals surface area contributed by atoms with Crippen molar-refractivity contribution in [3.63, 3.8) is 0 Å². The Morgan fingerprint density at radius 1 is 1.32 bits per heavy atom. The van der Waals surface area contributed by atoms with Crippen molar-refractivity contribution in [3.8, 4) is 0 Å². The molecule has 5 heteroatoms. The summed E-state index contributed by atoms with van der Waals surface area (Å²) in [7, 11) is 1.86. The van der Waals surface area contributed by atoms with E-state index in [-0.39, 0.29) is 24.0 Å². The topological polar surface area (TPSA) is 45.6 Å². The van der Waals surface area contributed by atoms with E-state index in [1.807, 2.05) is 7.05 Å². The number of ether oxygens (including phenoxy) is 1. The zero-order valence-corrected chi connectivity index (χ0v) is 14.3. The number of halogens is 1. The molecule has 3 saturated carbocycles. The lowest BCUT2D eigenvalue weighted by Gasteiger charge is -2.61. The summed E-state index contributed by atoms with van der Waals surface area (Å²) in [5.74, 6) is 0.990. The van der Waals surface area contributed by atoms with Crippen LogP contribution in [-0.2, 0) is 4.74 Å². The molecule has 0 saturated heterocycles. The predicted octanol–water partition coefficient (Wildman–Crippen LogP) is 2.28. The third kappa shape index (κ3) is 2.86. The Bertz CT molecular complexity index is 340. The minimum Gasteiger partial charge on any atom is -0.378 e. The summed E-state index contributed by atoms with van der Waals surface area (Å²) in [6.07, 6.45) is 8.19. The third-order valence-electron chi connectivity index (χ3n) is 4.89. The van der Waals surface area contributed by atoms with Gasteiger partial charge in [-0.05, 0) is 39.0 Å². The summed E-state index contributed by atoms with van der Waals surface area (Å²) < 4.78 is 5.87. The molecule has 110 valence electrons. The van der Waals surface area contributed by atoms with Crippen LogP contribution in [0.4, 0.5) is 0 Å². The maximum atomic E-state index is 5.87. The van der Waals surface area contributed by atoms with Gasteiger partial charge < -0.3 is 15.4 Å². The molecule has 0 aliphatic heterocycles. The van der Waals surface area contributed by atoms with Crippen LogP contribution in [0, 0.1) is 5.41 Å². The van der Waals surface area contributed by atoms with Gasteiger partial charge in [-0.3, -0.25) is 4.99 Å². The number of guanidine groups is 1. The Labute approximate surface area is 133 Å². The number of nitrogens with zero attached hydrogens (tertiary/aromatic N) is 1. The zero-order valence-electron chi connectivity index (χ0n) is 11.9. The van der Waals surface area contributed by atoms with Gasteiger partial charge in [0.05, 0.1) is 6.10 Å². The molecule has 3 aliphatic carbocycles. The molecule has 2 unspecified atom stereocenters. The first-order valence-corrected chi connectivity index (χ1v) is 7.40. The largest absolute Gasteiger partial charge is 0.378 e. The third-order valence-corrected chi connectivity index (χ3v) is 4.89. The van der Waals surface area contributed by atoms with E-state index < -0.39 is 0 Å². The van der Waals surface area contributed by atoms with Gasteiger partial charge in [-0.15, -0.1) is 24.0 Å². The van der Waals surface area contributed by atoms with Gasteiger partial charge >= 0.3 is 0 Å². The molecule has 0 aromatic rings. The second kappa shape index (κ2) is 6.16. The minimum absolute atomic E-state index is 0. The maximum Gasteiger partial charge on any atom is 0.191 e. The highest BCUT2D eigenvalue weighted by molar-refractivity contribution is 14.0. The van der Waals surface area contributed by atoms with Crippen molar-refractivity contribution in [2.45, 2.75) is 63.6 Å². The molecule has 3 aliphatic rings. The first-order valence-electron chi connectivity index (χ1n) is 7.40. The molecule has 1 spiro atoms. The highest BCUT2D eigenvalue weighted by Crippen LogP contribution is 2.57. The Kier molecular flexibility index (Phi) is 4.98. The lowest BCUT2D eigenvalue weighted by Crippen LogP contribution is -2.68. The Morgan fingerprint density at radius 3 is 2.53 bits per heavy atom. The number of hydrogen-bond acceptors (Lipinski definition) is 2. The zero-order chi connectivity index (χ0) is 12.6. The van der Waals surface area contributed by atoms with Crippen LogP contribution in [0.3, 0.4) is 0 Å². The summed E-state index contributed by atoms with van der Waals surface area (Å²) >= 11 is 0. The normalized spacial score (nSPS) is 32.0. The molecule has 0 bridgehead atoms. The summed E-state index contributed by atoms with van der Waals surface area (Å²) in [5, 5.41) is 7.09. The molecule has 0 aromatic carbocycles. The molecule has 0 radical (unpaired) electrons. The Balaban J connectivity index is 0.00000133. The fourth-order valence-corrected chi connectivity index (χ4v) is 3.40. The molecular weight excluding hydrogens is 353 g/mol. The first-order chi connectivity index (χ1) is 8.78. The molecule has 0 aromatic heterocycles. The van der Waals surface area contributed by atoms with Gasteiger partial charge in [-0.1, -0.05) is 6.42 Å². The molecular formula is C14H26IN3O. The van der Waals surface area contributed by atoms with Crippen LogP contribution in [0.2, 0.25) is 0 Å². The monoisotopic (exact) mass is 379 g/mol. The summed E-state index contributed by atoms with van der Waals surface area (Å²) in [6, 6.07) is 1.23. The van der Waals surface area contributed by atoms with Crippen molar-refractivity contribution in [2.75, 3.05) is 13.7 Å². The van der Waals surface area contributed by atoms with E-state index >= 15 is 0 Å². The Morgan fingerprint density at radius 2 is 2.05 bits per heavy atom. The van der Waals surface area contributed by atoms with Gasteiger partial charge in [0.1, 0.15) is 0 Å². The summed E-state index contributed by atoms with van der Waals surface area (Å²) in [6.45, 7) is 2.94. The summed E-state index contributed by atoms with van der Waals surface area (Å²) in [5.41, 5.74) is 0.414. The average Bonchev–Trinajstić information content (AvgIpc) is 3.07. The van der Waals surface area contributed by atoms with Crippen LogP contribution >= 0.6 is 24.0 Å². The number of nitrogens with one attached hydrogen (secondary N) is 2. The quantitative estimate of drug-likeness (QED) is 0.448. The van der Waals surface area contributed by atoms with E-state index in [0.29, 0.717) is 23.6 Å². The van der Waals surface area contributed by atoms with Crippen LogP contribution in [-0.4, -0.2) is 37.8 Å². The molecule has 2 atom stereocenters. The van der Waals surface area contributed by atoms with Crippen LogP contribution < -0.4 is 10.6 Å². The second-order valence-electron chi connectivity index (χ2n) is 5.95. The van der Waals surface area contributed by atoms with E-state index in [9.17, 15) is 0 Å². The van der Waals surface area contributed by atoms with Crippen molar-refractivity contribution in [3.05, 3.63) is 0 Å². The predicted molar refractivity (Wildman–Crippen MR) is 88.2 cm³/mol. The van der Waals surface area contributed by atoms with Crippen LogP contribution in [0.5, 0.6) is 0 Å². The van der Waals surface area contributed by atoms with E-state index in [0.717, 1.165) is 19.0 Å². The molecule has 0 heterocycles. The van der Waals surface area contributed by atoms with E-state index in [2.05, 4.69) is 22.5 Å². The van der Waals surface area contributed by atoms with E-state index in [1.54, 1.807) is 0 Å². The number of hydrogen-bond donors (Lipinski definition) is 2. The van der Waals surface area contributed by atoms with Crippen LogP contribution in [0.1, 0.15) is 45.4 Å². The van der Waals surface area contributed by atoms with Crippen LogP contribution in [0.25, 0.3) is 0 Å². The lowest BCUT2D eigenvalue weighted by molar-refractivity contribution is -0.168. The fraction of sp³-hybridized carbons (Fsp3) is 0.929. The smallest absolute Gasteiger partial charge is 0.191 e. The lowest BCUT2D eigenvalue weighted by atomic mass is 9.51. The van der Waals surface area contributed by atoms with Crippen molar-refractivity contribution in [2.24, 2.45) is 10.4 Å². The molecule has 3 rings (SSSR count). The van der Waals surface area contributed by atoms with Gasteiger partial charge in [0.2, 0.25) is 0 Å². The number of aliphatic imine (C=N–C) groups is 1. The molecule has 2 N–H and O–H groups in total. The van der Waals surface area contributed by atoms with Crippen LogP contribution in [0.15, 0.2) is 4.99 Å². The standard InChI is InChI=1S/C14H25N3O.HI/c1-3-18-12-9-11(14(12)7-4-8-14)17-13(15-2)16-10-5-6-10;/h10-12H,3-9H2,1-2H3,(H2,15,16,17);1H. The van der Waals surface area contributed by atoms with E-state index in [1.165, 1.54) is 32.1 Å². The second-order valence-corrected chi connectivity index (χ2v) is 5.95. The average molecular weight is 379 g/mol. The van der Waals surface area contributed by atoms with Gasteiger partial charge in [-0.2, -0.15) is 0 Å². The van der Waals surface area contributed by atoms with Gasteiger partial charge in [0.25, 0.3) is 0 Å². The Hall–Kier alpha value is -0.0400. The maximum absolute atomic E-state index is 5.87. The minimum atomic E-state index is 0. The van der Waals surface area contributed by atoms with Crippen molar-refractivity contribution in [1.82, 2.24) is 10.6 Å². The van der Waals surface area contributed by atoms with Crippen molar-refractivity contribution in [1.29, 1.82) is 0 Å². The fourth-order valence-electron chi connectivity index (χ4n) is 3.40. The molecule has 19 heavy (non-hydrogen) atoms. The molecule has 4 nitrogen and oxygen atoms in total. The van der Waals surface area contributed by atoms with Gasteiger partial charge in [0.15, 0.2) is 5.96 Å². The molecule has 0 amide bonds. The van der Waals surface area contributed by atoms with Crippen molar-refractivity contribution < 1.29 is 4.74 Å². The summed E-state index contributed by atoms with van der Waals surface area (Å²) in [4.78, 5) is 4.34.